The standard InChI is InChI=1S/C19H14N2OS/c22-19-14-10-18(23-17(14)7-8-20-19)13-9-12(13)16-6-5-11-3-1-2-4-15(11)21-16/h1-8,10,12-13H,9H2,(H,20,22). The Morgan fingerprint density at radius 3 is 2.91 bits per heavy atom. The number of rotatable bonds is 2. The molecule has 2 unspecified atom stereocenters. The van der Waals surface area contributed by atoms with Gasteiger partial charge >= 0.3 is 0 Å². The van der Waals surface area contributed by atoms with Gasteiger partial charge in [0.2, 0.25) is 0 Å². The van der Waals surface area contributed by atoms with Gasteiger partial charge in [0.25, 0.3) is 5.56 Å². The minimum Gasteiger partial charge on any atom is -0.329 e. The number of hydrogen-bond donors (Lipinski definition) is 1. The van der Waals surface area contributed by atoms with Crippen molar-refractivity contribution in [3.05, 3.63) is 75.7 Å². The van der Waals surface area contributed by atoms with Crippen molar-refractivity contribution in [3.63, 3.8) is 0 Å². The minimum absolute atomic E-state index is 0.00558. The van der Waals surface area contributed by atoms with E-state index in [0.29, 0.717) is 11.8 Å². The largest absolute Gasteiger partial charge is 0.329 e. The van der Waals surface area contributed by atoms with Gasteiger partial charge in [-0.2, -0.15) is 0 Å². The summed E-state index contributed by atoms with van der Waals surface area (Å²) in [5, 5.41) is 1.99. The third-order valence-electron chi connectivity index (χ3n) is 4.63. The molecule has 5 rings (SSSR count). The molecule has 3 aromatic heterocycles. The van der Waals surface area contributed by atoms with Crippen molar-refractivity contribution in [1.29, 1.82) is 0 Å². The first-order valence-corrected chi connectivity index (χ1v) is 8.58. The zero-order valence-corrected chi connectivity index (χ0v) is 13.1. The number of H-pyrrole nitrogens is 1. The molecular weight excluding hydrogens is 304 g/mol. The van der Waals surface area contributed by atoms with Gasteiger partial charge < -0.3 is 4.98 Å². The highest BCUT2D eigenvalue weighted by Gasteiger charge is 2.41. The zero-order chi connectivity index (χ0) is 15.4. The molecule has 3 nitrogen and oxygen atoms in total. The van der Waals surface area contributed by atoms with Gasteiger partial charge in [-0.25, -0.2) is 0 Å². The van der Waals surface area contributed by atoms with Crippen molar-refractivity contribution >= 4 is 32.3 Å². The third kappa shape index (κ3) is 2.10. The zero-order valence-electron chi connectivity index (χ0n) is 12.3. The smallest absolute Gasteiger partial charge is 0.256 e. The maximum atomic E-state index is 11.9. The number of nitrogens with zero attached hydrogens (tertiary/aromatic N) is 1. The Hall–Kier alpha value is -2.46. The number of aromatic amines is 1. The van der Waals surface area contributed by atoms with Crippen LogP contribution in [0.3, 0.4) is 0 Å². The summed E-state index contributed by atoms with van der Waals surface area (Å²) in [4.78, 5) is 20.7. The highest BCUT2D eigenvalue weighted by Crippen LogP contribution is 2.56. The number of thiophene rings is 1. The van der Waals surface area contributed by atoms with E-state index in [9.17, 15) is 4.79 Å². The van der Waals surface area contributed by atoms with E-state index in [1.165, 1.54) is 16.0 Å². The number of benzene rings is 1. The van der Waals surface area contributed by atoms with Crippen LogP contribution in [0.2, 0.25) is 0 Å². The van der Waals surface area contributed by atoms with Crippen LogP contribution in [0.4, 0.5) is 0 Å². The van der Waals surface area contributed by atoms with Crippen LogP contribution in [-0.2, 0) is 0 Å². The monoisotopic (exact) mass is 318 g/mol. The van der Waals surface area contributed by atoms with Crippen LogP contribution in [0.5, 0.6) is 0 Å². The van der Waals surface area contributed by atoms with Crippen molar-refractivity contribution in [1.82, 2.24) is 9.97 Å². The highest BCUT2D eigenvalue weighted by molar-refractivity contribution is 7.19. The highest BCUT2D eigenvalue weighted by atomic mass is 32.1. The van der Waals surface area contributed by atoms with Gasteiger partial charge in [0.05, 0.1) is 10.9 Å². The summed E-state index contributed by atoms with van der Waals surface area (Å²) >= 11 is 1.74. The van der Waals surface area contributed by atoms with Crippen LogP contribution in [-0.4, -0.2) is 9.97 Å². The summed E-state index contributed by atoms with van der Waals surface area (Å²) in [6.45, 7) is 0. The molecule has 1 aromatic carbocycles. The molecule has 0 bridgehead atoms. The van der Waals surface area contributed by atoms with E-state index < -0.39 is 0 Å². The van der Waals surface area contributed by atoms with Crippen LogP contribution >= 0.6 is 11.3 Å². The predicted octanol–water partition coefficient (Wildman–Crippen LogP) is 4.41. The number of nitrogens with one attached hydrogen (secondary N) is 1. The second-order valence-corrected chi connectivity index (χ2v) is 7.23. The molecule has 0 saturated heterocycles. The first kappa shape index (κ1) is 13.0. The first-order valence-electron chi connectivity index (χ1n) is 7.76. The van der Waals surface area contributed by atoms with Crippen LogP contribution in [0, 0.1) is 0 Å². The molecule has 1 fully saturated rings. The van der Waals surface area contributed by atoms with Crippen molar-refractivity contribution in [2.75, 3.05) is 0 Å². The number of pyridine rings is 2. The lowest BCUT2D eigenvalue weighted by Crippen LogP contribution is -2.01. The fraction of sp³-hybridized carbons (Fsp3) is 0.158. The molecule has 0 spiro atoms. The van der Waals surface area contributed by atoms with Gasteiger partial charge in [0.1, 0.15) is 0 Å². The molecule has 112 valence electrons. The molecule has 1 aliphatic carbocycles. The minimum atomic E-state index is 0.00558. The summed E-state index contributed by atoms with van der Waals surface area (Å²) in [7, 11) is 0. The summed E-state index contributed by atoms with van der Waals surface area (Å²) < 4.78 is 1.07. The molecule has 1 N–H and O–H groups in total. The average molecular weight is 318 g/mol. The molecule has 1 aliphatic rings. The van der Waals surface area contributed by atoms with E-state index in [1.54, 1.807) is 17.5 Å². The number of para-hydroxylation sites is 1. The maximum Gasteiger partial charge on any atom is 0.256 e. The predicted molar refractivity (Wildman–Crippen MR) is 94.3 cm³/mol. The Morgan fingerprint density at radius 2 is 2.00 bits per heavy atom. The first-order chi connectivity index (χ1) is 11.3. The van der Waals surface area contributed by atoms with Crippen LogP contribution in [0.1, 0.15) is 28.8 Å². The molecule has 2 atom stereocenters. The molecule has 4 aromatic rings. The summed E-state index contributed by atoms with van der Waals surface area (Å²) in [6, 6.07) is 16.6. The van der Waals surface area contributed by atoms with E-state index in [0.717, 1.165) is 22.0 Å². The molecule has 0 amide bonds. The lowest BCUT2D eigenvalue weighted by atomic mass is 10.1. The topological polar surface area (TPSA) is 45.8 Å². The Balaban J connectivity index is 1.51. The Kier molecular flexibility index (Phi) is 2.70. The van der Waals surface area contributed by atoms with Gasteiger partial charge in [-0.05, 0) is 30.7 Å². The lowest BCUT2D eigenvalue weighted by molar-refractivity contribution is 0.993. The van der Waals surface area contributed by atoms with Crippen molar-refractivity contribution in [2.24, 2.45) is 0 Å². The Labute approximate surface area is 136 Å². The number of fused-ring (bicyclic) bond motifs is 2. The molecular formula is C19H14N2OS. The third-order valence-corrected chi connectivity index (χ3v) is 5.86. The van der Waals surface area contributed by atoms with E-state index >= 15 is 0 Å². The lowest BCUT2D eigenvalue weighted by Gasteiger charge is -2.01. The second kappa shape index (κ2) is 4.77. The normalized spacial score (nSPS) is 20.2. The Bertz CT molecular complexity index is 1100. The van der Waals surface area contributed by atoms with Crippen molar-refractivity contribution in [2.45, 2.75) is 18.3 Å². The van der Waals surface area contributed by atoms with Gasteiger partial charge in [-0.1, -0.05) is 24.3 Å². The maximum absolute atomic E-state index is 11.9. The molecule has 23 heavy (non-hydrogen) atoms. The van der Waals surface area contributed by atoms with Crippen LogP contribution in [0.15, 0.2) is 59.5 Å². The van der Waals surface area contributed by atoms with Crippen molar-refractivity contribution < 1.29 is 0 Å². The van der Waals surface area contributed by atoms with E-state index in [-0.39, 0.29) is 5.56 Å². The molecule has 0 radical (unpaired) electrons. The molecule has 3 heterocycles. The summed E-state index contributed by atoms with van der Waals surface area (Å²) in [5.41, 5.74) is 2.23. The quantitative estimate of drug-likeness (QED) is 0.595. The SMILES string of the molecule is O=c1[nH]ccc2sc(C3CC3c3ccc4ccccc4n3)cc12. The van der Waals surface area contributed by atoms with Crippen LogP contribution < -0.4 is 5.56 Å². The van der Waals surface area contributed by atoms with Gasteiger partial charge in [0.15, 0.2) is 0 Å². The van der Waals surface area contributed by atoms with Crippen LogP contribution in [0.25, 0.3) is 21.0 Å². The van der Waals surface area contributed by atoms with E-state index in [4.69, 9.17) is 4.98 Å². The van der Waals surface area contributed by atoms with Gasteiger partial charge in [0, 0.05) is 38.7 Å². The van der Waals surface area contributed by atoms with E-state index in [1.807, 2.05) is 18.2 Å². The second-order valence-electron chi connectivity index (χ2n) is 6.11. The number of aromatic nitrogens is 2. The van der Waals surface area contributed by atoms with E-state index in [2.05, 4.69) is 35.3 Å². The fourth-order valence-electron chi connectivity index (χ4n) is 3.30. The average Bonchev–Trinajstić information content (AvgIpc) is 3.26. The van der Waals surface area contributed by atoms with Gasteiger partial charge in [-0.3, -0.25) is 9.78 Å². The number of hydrogen-bond acceptors (Lipinski definition) is 3. The Morgan fingerprint density at radius 1 is 1.09 bits per heavy atom. The molecule has 4 heteroatoms. The van der Waals surface area contributed by atoms with Gasteiger partial charge in [-0.15, -0.1) is 11.3 Å². The fourth-order valence-corrected chi connectivity index (χ4v) is 4.54. The molecule has 0 aliphatic heterocycles. The summed E-state index contributed by atoms with van der Waals surface area (Å²) in [5.74, 6) is 0.979. The summed E-state index contributed by atoms with van der Waals surface area (Å²) in [6.07, 6.45) is 2.84. The molecule has 1 saturated carbocycles. The van der Waals surface area contributed by atoms with Crippen molar-refractivity contribution in [3.8, 4) is 0 Å².